The monoisotopic (exact) mass is 265 g/mol. The van der Waals surface area contributed by atoms with Crippen LogP contribution in [0.4, 0.5) is 10.5 Å². The Labute approximate surface area is 110 Å². The minimum Gasteiger partial charge on any atom is -0.454 e. The molecular weight excluding hydrogens is 250 g/mol. The van der Waals surface area contributed by atoms with Gasteiger partial charge in [-0.3, -0.25) is 5.32 Å². The number of carbonyl (C=O) groups excluding carboxylic acids is 1. The molecule has 1 aliphatic heterocycles. The number of rotatable bonds is 4. The average Bonchev–Trinajstić information content (AvgIpc) is 3.03. The highest BCUT2D eigenvalue weighted by Gasteiger charge is 2.37. The fourth-order valence-electron chi connectivity index (χ4n) is 2.05. The quantitative estimate of drug-likeness (QED) is 0.864. The summed E-state index contributed by atoms with van der Waals surface area (Å²) in [7, 11) is 0. The summed E-state index contributed by atoms with van der Waals surface area (Å²) in [6.45, 7) is 0.715. The van der Waals surface area contributed by atoms with Crippen LogP contribution >= 0.6 is 0 Å². The van der Waals surface area contributed by atoms with Gasteiger partial charge >= 0.3 is 6.09 Å². The molecule has 1 fully saturated rings. The van der Waals surface area contributed by atoms with Crippen molar-refractivity contribution in [1.29, 1.82) is 0 Å². The van der Waals surface area contributed by atoms with Crippen molar-refractivity contribution in [2.45, 2.75) is 6.42 Å². The molecule has 0 spiro atoms. The van der Waals surface area contributed by atoms with E-state index >= 15 is 0 Å². The highest BCUT2D eigenvalue weighted by molar-refractivity contribution is 5.85. The molecule has 1 aromatic carbocycles. The van der Waals surface area contributed by atoms with Gasteiger partial charge in [0.2, 0.25) is 6.79 Å². The maximum absolute atomic E-state index is 11.6. The first-order valence-corrected chi connectivity index (χ1v) is 6.20. The lowest BCUT2D eigenvalue weighted by Gasteiger charge is -2.07. The summed E-state index contributed by atoms with van der Waals surface area (Å²) in [5.41, 5.74) is 0.601. The second-order valence-electron chi connectivity index (χ2n) is 4.73. The van der Waals surface area contributed by atoms with Crippen LogP contribution in [0, 0.1) is 11.8 Å². The average molecular weight is 265 g/mol. The van der Waals surface area contributed by atoms with Crippen molar-refractivity contribution in [3.8, 4) is 11.5 Å². The van der Waals surface area contributed by atoms with Crippen molar-refractivity contribution in [3.63, 3.8) is 0 Å². The number of aliphatic hydroxyl groups is 1. The summed E-state index contributed by atoms with van der Waals surface area (Å²) in [6.07, 6.45) is 0.427. The lowest BCUT2D eigenvalue weighted by atomic mass is 10.3. The topological polar surface area (TPSA) is 77.0 Å². The Morgan fingerprint density at radius 2 is 2.21 bits per heavy atom. The number of amides is 1. The zero-order valence-electron chi connectivity index (χ0n) is 10.3. The van der Waals surface area contributed by atoms with Gasteiger partial charge in [-0.05, 0) is 30.4 Å². The van der Waals surface area contributed by atoms with Crippen LogP contribution < -0.4 is 14.8 Å². The third-order valence-corrected chi connectivity index (χ3v) is 3.35. The molecule has 1 heterocycles. The predicted molar refractivity (Wildman–Crippen MR) is 66.2 cm³/mol. The fourth-order valence-corrected chi connectivity index (χ4v) is 2.05. The van der Waals surface area contributed by atoms with Crippen LogP contribution in [0.3, 0.4) is 0 Å². The SMILES string of the molecule is O=C(Nc1ccc2c(c1)OCO2)OC[C@H]1C[C@@H]1CO. The van der Waals surface area contributed by atoms with E-state index < -0.39 is 6.09 Å². The third kappa shape index (κ3) is 2.73. The van der Waals surface area contributed by atoms with E-state index in [-0.39, 0.29) is 13.4 Å². The Hall–Kier alpha value is -1.95. The second kappa shape index (κ2) is 4.97. The standard InChI is InChI=1S/C13H15NO5/c15-5-8-3-9(8)6-17-13(16)14-10-1-2-11-12(4-10)19-7-18-11/h1-2,4,8-9,15H,3,5-7H2,(H,14,16)/t8-,9-/m1/s1. The van der Waals surface area contributed by atoms with E-state index in [1.165, 1.54) is 0 Å². The van der Waals surface area contributed by atoms with E-state index in [0.717, 1.165) is 6.42 Å². The molecule has 1 saturated carbocycles. The molecule has 1 aliphatic carbocycles. The van der Waals surface area contributed by atoms with Crippen LogP contribution in [-0.2, 0) is 4.74 Å². The number of aliphatic hydroxyl groups excluding tert-OH is 1. The molecule has 3 rings (SSSR count). The van der Waals surface area contributed by atoms with Crippen molar-refractivity contribution in [1.82, 2.24) is 0 Å². The van der Waals surface area contributed by atoms with Crippen LogP contribution in [-0.4, -0.2) is 31.2 Å². The van der Waals surface area contributed by atoms with Gasteiger partial charge in [0.25, 0.3) is 0 Å². The van der Waals surface area contributed by atoms with Gasteiger partial charge in [-0.1, -0.05) is 0 Å². The van der Waals surface area contributed by atoms with Crippen LogP contribution in [0.5, 0.6) is 11.5 Å². The fraction of sp³-hybridized carbons (Fsp3) is 0.462. The van der Waals surface area contributed by atoms with Crippen LogP contribution in [0.15, 0.2) is 18.2 Å². The first-order chi connectivity index (χ1) is 9.26. The lowest BCUT2D eigenvalue weighted by Crippen LogP contribution is -2.15. The molecule has 2 N–H and O–H groups in total. The Bertz CT molecular complexity index is 490. The first-order valence-electron chi connectivity index (χ1n) is 6.20. The van der Waals surface area contributed by atoms with Crippen molar-refractivity contribution in [2.24, 2.45) is 11.8 Å². The zero-order valence-corrected chi connectivity index (χ0v) is 10.3. The van der Waals surface area contributed by atoms with Gasteiger partial charge in [0.15, 0.2) is 11.5 Å². The van der Waals surface area contributed by atoms with E-state index in [0.29, 0.717) is 35.6 Å². The molecule has 6 heteroatoms. The number of carbonyl (C=O) groups is 1. The molecule has 0 unspecified atom stereocenters. The molecule has 0 radical (unpaired) electrons. The second-order valence-corrected chi connectivity index (χ2v) is 4.73. The van der Waals surface area contributed by atoms with E-state index in [9.17, 15) is 4.79 Å². The number of hydrogen-bond donors (Lipinski definition) is 2. The van der Waals surface area contributed by atoms with E-state index in [1.807, 2.05) is 0 Å². The zero-order chi connectivity index (χ0) is 13.2. The highest BCUT2D eigenvalue weighted by atomic mass is 16.7. The maximum Gasteiger partial charge on any atom is 0.411 e. The predicted octanol–water partition coefficient (Wildman–Crippen LogP) is 1.59. The Morgan fingerprint density at radius 3 is 3.00 bits per heavy atom. The number of fused-ring (bicyclic) bond motifs is 1. The van der Waals surface area contributed by atoms with Crippen LogP contribution in [0.2, 0.25) is 0 Å². The Balaban J connectivity index is 1.49. The highest BCUT2D eigenvalue weighted by Crippen LogP contribution is 2.38. The summed E-state index contributed by atoms with van der Waals surface area (Å²) in [5.74, 6) is 1.87. The number of nitrogens with one attached hydrogen (secondary N) is 1. The van der Waals surface area contributed by atoms with Gasteiger partial charge in [-0.2, -0.15) is 0 Å². The van der Waals surface area contributed by atoms with Gasteiger partial charge in [0.1, 0.15) is 0 Å². The number of benzene rings is 1. The number of hydrogen-bond acceptors (Lipinski definition) is 5. The normalized spacial score (nSPS) is 23.0. The molecule has 6 nitrogen and oxygen atoms in total. The Kier molecular flexibility index (Phi) is 3.16. The van der Waals surface area contributed by atoms with E-state index in [2.05, 4.69) is 5.32 Å². The molecule has 1 amide bonds. The minimum atomic E-state index is -0.498. The molecule has 2 aliphatic rings. The van der Waals surface area contributed by atoms with Gasteiger partial charge in [-0.15, -0.1) is 0 Å². The molecule has 19 heavy (non-hydrogen) atoms. The summed E-state index contributed by atoms with van der Waals surface area (Å²) >= 11 is 0. The van der Waals surface area contributed by atoms with Gasteiger partial charge in [0, 0.05) is 18.4 Å². The van der Waals surface area contributed by atoms with Gasteiger partial charge in [0.05, 0.1) is 6.61 Å². The molecule has 102 valence electrons. The summed E-state index contributed by atoms with van der Waals surface area (Å²) < 4.78 is 15.5. The number of ether oxygens (including phenoxy) is 3. The molecule has 0 saturated heterocycles. The molecule has 2 atom stereocenters. The van der Waals surface area contributed by atoms with Gasteiger partial charge < -0.3 is 19.3 Å². The largest absolute Gasteiger partial charge is 0.454 e. The third-order valence-electron chi connectivity index (χ3n) is 3.35. The molecular formula is C13H15NO5. The summed E-state index contributed by atoms with van der Waals surface area (Å²) in [4.78, 5) is 11.6. The smallest absolute Gasteiger partial charge is 0.411 e. The number of anilines is 1. The first kappa shape index (κ1) is 12.1. The van der Waals surface area contributed by atoms with Gasteiger partial charge in [-0.25, -0.2) is 4.79 Å². The van der Waals surface area contributed by atoms with Crippen molar-refractivity contribution >= 4 is 11.8 Å². The lowest BCUT2D eigenvalue weighted by molar-refractivity contribution is 0.151. The summed E-state index contributed by atoms with van der Waals surface area (Å²) in [5, 5.41) is 11.5. The van der Waals surface area contributed by atoms with E-state index in [1.54, 1.807) is 18.2 Å². The molecule has 0 bridgehead atoms. The summed E-state index contributed by atoms with van der Waals surface area (Å²) in [6, 6.07) is 5.15. The van der Waals surface area contributed by atoms with Crippen molar-refractivity contribution in [3.05, 3.63) is 18.2 Å². The van der Waals surface area contributed by atoms with Crippen molar-refractivity contribution in [2.75, 3.05) is 25.3 Å². The van der Waals surface area contributed by atoms with Crippen LogP contribution in [0.1, 0.15) is 6.42 Å². The van der Waals surface area contributed by atoms with E-state index in [4.69, 9.17) is 19.3 Å². The van der Waals surface area contributed by atoms with Crippen LogP contribution in [0.25, 0.3) is 0 Å². The maximum atomic E-state index is 11.6. The minimum absolute atomic E-state index is 0.164. The molecule has 0 aromatic heterocycles. The molecule has 1 aromatic rings. The Morgan fingerprint density at radius 1 is 1.37 bits per heavy atom. The van der Waals surface area contributed by atoms with Crippen molar-refractivity contribution < 1.29 is 24.1 Å².